The SMILES string of the molecule is CCOC(=O)C(CC)Sc1nc2c(c(=O)n(C)c(=O)n2C)n1Cc1cccc([N+](=O)[O-])c1. The second-order valence-electron chi connectivity index (χ2n) is 7.05. The number of thioether (sulfide) groups is 1. The number of carbonyl (C=O) groups excluding carboxylic acids is 1. The third-order valence-corrected chi connectivity index (χ3v) is 6.28. The van der Waals surface area contributed by atoms with E-state index in [4.69, 9.17) is 4.74 Å². The van der Waals surface area contributed by atoms with Crippen LogP contribution in [0.2, 0.25) is 0 Å². The van der Waals surface area contributed by atoms with Gasteiger partial charge in [-0.2, -0.15) is 0 Å². The van der Waals surface area contributed by atoms with Crippen molar-refractivity contribution in [1.82, 2.24) is 18.7 Å². The topological polar surface area (TPSA) is 131 Å². The zero-order valence-electron chi connectivity index (χ0n) is 18.1. The summed E-state index contributed by atoms with van der Waals surface area (Å²) in [6.45, 7) is 3.87. The van der Waals surface area contributed by atoms with Crippen LogP contribution in [0.5, 0.6) is 0 Å². The Kier molecular flexibility index (Phi) is 6.82. The molecule has 3 rings (SSSR count). The number of non-ortho nitro benzene ring substituents is 1. The summed E-state index contributed by atoms with van der Waals surface area (Å²) in [6, 6.07) is 6.04. The summed E-state index contributed by atoms with van der Waals surface area (Å²) in [5.74, 6) is -0.407. The van der Waals surface area contributed by atoms with Gasteiger partial charge in [0.1, 0.15) is 5.25 Å². The lowest BCUT2D eigenvalue weighted by molar-refractivity contribution is -0.384. The molecule has 0 aliphatic rings. The van der Waals surface area contributed by atoms with Crippen LogP contribution in [0, 0.1) is 10.1 Å². The molecule has 1 unspecified atom stereocenters. The molecule has 1 aromatic carbocycles. The second kappa shape index (κ2) is 9.39. The molecule has 0 spiro atoms. The summed E-state index contributed by atoms with van der Waals surface area (Å²) in [6.07, 6.45) is 0.459. The van der Waals surface area contributed by atoms with Crippen LogP contribution in [0.3, 0.4) is 0 Å². The van der Waals surface area contributed by atoms with Gasteiger partial charge in [-0.3, -0.25) is 28.8 Å². The third-order valence-electron chi connectivity index (χ3n) is 4.94. The van der Waals surface area contributed by atoms with Gasteiger partial charge in [0.25, 0.3) is 11.2 Å². The minimum absolute atomic E-state index is 0.0839. The summed E-state index contributed by atoms with van der Waals surface area (Å²) >= 11 is 1.13. The first-order chi connectivity index (χ1) is 15.2. The summed E-state index contributed by atoms with van der Waals surface area (Å²) in [7, 11) is 2.88. The van der Waals surface area contributed by atoms with Crippen LogP contribution >= 0.6 is 11.8 Å². The number of aryl methyl sites for hydroxylation is 1. The Labute approximate surface area is 186 Å². The van der Waals surface area contributed by atoms with E-state index in [0.717, 1.165) is 16.3 Å². The Bertz CT molecular complexity index is 1310. The van der Waals surface area contributed by atoms with Gasteiger partial charge in [0, 0.05) is 26.2 Å². The number of imidazole rings is 1. The Morgan fingerprint density at radius 3 is 2.59 bits per heavy atom. The molecule has 0 saturated carbocycles. The third kappa shape index (κ3) is 4.31. The van der Waals surface area contributed by atoms with Crippen molar-refractivity contribution >= 4 is 34.6 Å². The minimum Gasteiger partial charge on any atom is -0.465 e. The van der Waals surface area contributed by atoms with Gasteiger partial charge in [0.15, 0.2) is 16.3 Å². The van der Waals surface area contributed by atoms with Crippen molar-refractivity contribution in [2.75, 3.05) is 6.61 Å². The van der Waals surface area contributed by atoms with Crippen molar-refractivity contribution in [2.45, 2.75) is 37.2 Å². The van der Waals surface area contributed by atoms with Crippen molar-refractivity contribution in [3.63, 3.8) is 0 Å². The van der Waals surface area contributed by atoms with E-state index in [0.29, 0.717) is 17.1 Å². The highest BCUT2D eigenvalue weighted by Gasteiger charge is 2.26. The van der Waals surface area contributed by atoms with Gasteiger partial charge in [-0.25, -0.2) is 9.78 Å². The predicted octanol–water partition coefficient (Wildman–Crippen LogP) is 1.82. The lowest BCUT2D eigenvalue weighted by Gasteiger charge is -2.14. The molecule has 0 aliphatic carbocycles. The van der Waals surface area contributed by atoms with E-state index in [-0.39, 0.29) is 30.0 Å². The number of benzene rings is 1. The minimum atomic E-state index is -0.573. The van der Waals surface area contributed by atoms with E-state index in [9.17, 15) is 24.5 Å². The molecule has 1 atom stereocenters. The molecule has 12 heteroatoms. The highest BCUT2D eigenvalue weighted by Crippen LogP contribution is 2.29. The van der Waals surface area contributed by atoms with Gasteiger partial charge in [0.05, 0.1) is 18.1 Å². The molecule has 170 valence electrons. The number of ether oxygens (including phenoxy) is 1. The molecule has 0 N–H and O–H groups in total. The Morgan fingerprint density at radius 2 is 1.97 bits per heavy atom. The lowest BCUT2D eigenvalue weighted by Crippen LogP contribution is -2.37. The van der Waals surface area contributed by atoms with Crippen LogP contribution < -0.4 is 11.2 Å². The van der Waals surface area contributed by atoms with Crippen molar-refractivity contribution in [3.05, 3.63) is 60.8 Å². The van der Waals surface area contributed by atoms with E-state index in [1.807, 2.05) is 6.92 Å². The van der Waals surface area contributed by atoms with Crippen molar-refractivity contribution in [2.24, 2.45) is 14.1 Å². The molecule has 2 aromatic heterocycles. The first kappa shape index (κ1) is 23.3. The van der Waals surface area contributed by atoms with Gasteiger partial charge in [-0.15, -0.1) is 0 Å². The smallest absolute Gasteiger partial charge is 0.332 e. The van der Waals surface area contributed by atoms with Crippen LogP contribution in [0.1, 0.15) is 25.8 Å². The largest absolute Gasteiger partial charge is 0.465 e. The monoisotopic (exact) mass is 461 g/mol. The average molecular weight is 462 g/mol. The molecule has 2 heterocycles. The number of fused-ring (bicyclic) bond motifs is 1. The normalized spacial score (nSPS) is 12.1. The van der Waals surface area contributed by atoms with Crippen molar-refractivity contribution in [1.29, 1.82) is 0 Å². The number of esters is 1. The highest BCUT2D eigenvalue weighted by atomic mass is 32.2. The molecule has 0 aliphatic heterocycles. The zero-order valence-corrected chi connectivity index (χ0v) is 18.9. The number of carbonyl (C=O) groups is 1. The second-order valence-corrected chi connectivity index (χ2v) is 8.22. The van der Waals surface area contributed by atoms with Crippen LogP contribution in [0.25, 0.3) is 11.2 Å². The maximum Gasteiger partial charge on any atom is 0.332 e. The van der Waals surface area contributed by atoms with Gasteiger partial charge in [0.2, 0.25) is 0 Å². The van der Waals surface area contributed by atoms with Gasteiger partial charge >= 0.3 is 11.7 Å². The lowest BCUT2D eigenvalue weighted by atomic mass is 10.2. The molecule has 0 fully saturated rings. The van der Waals surface area contributed by atoms with Crippen molar-refractivity contribution in [3.8, 4) is 0 Å². The van der Waals surface area contributed by atoms with Crippen LogP contribution in [-0.4, -0.2) is 41.4 Å². The number of hydrogen-bond donors (Lipinski definition) is 0. The Balaban J connectivity index is 2.21. The first-order valence-corrected chi connectivity index (χ1v) is 10.8. The molecular weight excluding hydrogens is 438 g/mol. The average Bonchev–Trinajstić information content (AvgIpc) is 3.12. The number of aromatic nitrogens is 4. The summed E-state index contributed by atoms with van der Waals surface area (Å²) in [5.41, 5.74) is -0.250. The molecule has 3 aromatic rings. The van der Waals surface area contributed by atoms with Gasteiger partial charge in [-0.05, 0) is 18.9 Å². The zero-order chi connectivity index (χ0) is 23.6. The van der Waals surface area contributed by atoms with E-state index >= 15 is 0 Å². The molecule has 0 saturated heterocycles. The number of nitro groups is 1. The Hall–Kier alpha value is -3.41. The number of rotatable bonds is 8. The van der Waals surface area contributed by atoms with Gasteiger partial charge < -0.3 is 9.30 Å². The molecule has 0 amide bonds. The number of hydrogen-bond acceptors (Lipinski definition) is 8. The summed E-state index contributed by atoms with van der Waals surface area (Å²) < 4.78 is 8.96. The van der Waals surface area contributed by atoms with Gasteiger partial charge in [-0.1, -0.05) is 30.8 Å². The maximum absolute atomic E-state index is 13.0. The van der Waals surface area contributed by atoms with E-state index < -0.39 is 27.4 Å². The van der Waals surface area contributed by atoms with E-state index in [1.54, 1.807) is 23.6 Å². The van der Waals surface area contributed by atoms with E-state index in [2.05, 4.69) is 4.98 Å². The number of nitro benzene ring substituents is 1. The predicted molar refractivity (Wildman–Crippen MR) is 119 cm³/mol. The fourth-order valence-corrected chi connectivity index (χ4v) is 4.28. The van der Waals surface area contributed by atoms with Crippen molar-refractivity contribution < 1.29 is 14.5 Å². The van der Waals surface area contributed by atoms with Crippen LogP contribution in [-0.2, 0) is 30.2 Å². The molecule has 0 radical (unpaired) electrons. The molecule has 32 heavy (non-hydrogen) atoms. The fraction of sp³-hybridized carbons (Fsp3) is 0.400. The maximum atomic E-state index is 13.0. The standard InChI is InChI=1S/C20H23N5O6S/c1-5-14(18(27)31-6-2)32-19-21-16-15(17(26)23(4)20(28)22(16)3)24(19)11-12-8-7-9-13(10-12)25(29)30/h7-10,14H,5-6,11H2,1-4H3. The number of nitrogens with zero attached hydrogens (tertiary/aromatic N) is 5. The Morgan fingerprint density at radius 1 is 1.25 bits per heavy atom. The molecule has 0 bridgehead atoms. The molecule has 11 nitrogen and oxygen atoms in total. The van der Waals surface area contributed by atoms with Crippen LogP contribution in [0.4, 0.5) is 5.69 Å². The quantitative estimate of drug-likeness (QED) is 0.215. The van der Waals surface area contributed by atoms with Crippen LogP contribution in [0.15, 0.2) is 39.0 Å². The highest BCUT2D eigenvalue weighted by molar-refractivity contribution is 8.00. The first-order valence-electron chi connectivity index (χ1n) is 9.92. The summed E-state index contributed by atoms with van der Waals surface area (Å²) in [5, 5.41) is 10.9. The molecular formula is C20H23N5O6S. The fourth-order valence-electron chi connectivity index (χ4n) is 3.27. The van der Waals surface area contributed by atoms with E-state index in [1.165, 1.54) is 30.8 Å². The summed E-state index contributed by atoms with van der Waals surface area (Å²) in [4.78, 5) is 52.9.